The van der Waals surface area contributed by atoms with E-state index in [1.807, 2.05) is 26.0 Å². The Morgan fingerprint density at radius 3 is 2.95 bits per heavy atom. The first-order chi connectivity index (χ1) is 9.17. The van der Waals surface area contributed by atoms with Gasteiger partial charge in [-0.15, -0.1) is 0 Å². The number of aliphatic imine (C=N–C) groups is 1. The quantitative estimate of drug-likeness (QED) is 0.603. The van der Waals surface area contributed by atoms with Crippen LogP contribution in [0.4, 0.5) is 0 Å². The molecule has 1 aromatic heterocycles. The normalized spacial score (nSPS) is 13.2. The van der Waals surface area contributed by atoms with Gasteiger partial charge in [-0.05, 0) is 32.4 Å². The maximum Gasteiger partial charge on any atom is 0.191 e. The molecule has 0 aliphatic carbocycles. The number of ether oxygens (including phenoxy) is 1. The third kappa shape index (κ3) is 5.70. The zero-order valence-electron chi connectivity index (χ0n) is 12.2. The molecule has 1 atom stereocenters. The lowest BCUT2D eigenvalue weighted by Crippen LogP contribution is -2.43. The number of aryl methyl sites for hydroxylation is 1. The second kappa shape index (κ2) is 8.48. The molecule has 2 N–H and O–H groups in total. The van der Waals surface area contributed by atoms with Gasteiger partial charge in [-0.25, -0.2) is 4.99 Å². The van der Waals surface area contributed by atoms with Gasteiger partial charge in [-0.3, -0.25) is 4.98 Å². The van der Waals surface area contributed by atoms with Crippen LogP contribution in [0.3, 0.4) is 0 Å². The lowest BCUT2D eigenvalue weighted by atomic mass is 10.2. The average molecular weight is 264 g/mol. The highest BCUT2D eigenvalue weighted by molar-refractivity contribution is 5.80. The van der Waals surface area contributed by atoms with Gasteiger partial charge in [0.25, 0.3) is 0 Å². The van der Waals surface area contributed by atoms with Gasteiger partial charge < -0.3 is 15.4 Å². The number of rotatable bonds is 6. The van der Waals surface area contributed by atoms with Gasteiger partial charge in [0.05, 0.1) is 18.8 Å². The molecular formula is C14H24N4O. The van der Waals surface area contributed by atoms with E-state index in [2.05, 4.69) is 27.5 Å². The molecule has 0 aliphatic heterocycles. The summed E-state index contributed by atoms with van der Waals surface area (Å²) in [4.78, 5) is 8.88. The van der Waals surface area contributed by atoms with Gasteiger partial charge >= 0.3 is 0 Å². The summed E-state index contributed by atoms with van der Waals surface area (Å²) in [5.41, 5.74) is 2.16. The number of hydrogen-bond donors (Lipinski definition) is 2. The minimum atomic E-state index is 0.215. The number of pyridine rings is 1. The van der Waals surface area contributed by atoms with Crippen LogP contribution >= 0.6 is 0 Å². The summed E-state index contributed by atoms with van der Waals surface area (Å²) in [7, 11) is 1.69. The molecular weight excluding hydrogens is 240 g/mol. The predicted molar refractivity (Wildman–Crippen MR) is 78.3 cm³/mol. The van der Waals surface area contributed by atoms with E-state index in [1.165, 1.54) is 0 Å². The van der Waals surface area contributed by atoms with Crippen molar-refractivity contribution in [3.05, 3.63) is 29.6 Å². The Bertz CT molecular complexity index is 406. The summed E-state index contributed by atoms with van der Waals surface area (Å²) in [5.74, 6) is 0.789. The standard InChI is InChI=1S/C14H24N4O/c1-5-15-14(18-12(3)10-19-4)17-9-13-11(2)7-6-8-16-13/h6-8,12H,5,9-10H2,1-4H3,(H2,15,17,18). The van der Waals surface area contributed by atoms with Crippen molar-refractivity contribution < 1.29 is 4.74 Å². The van der Waals surface area contributed by atoms with E-state index < -0.39 is 0 Å². The van der Waals surface area contributed by atoms with Crippen LogP contribution in [-0.4, -0.2) is 37.2 Å². The molecule has 0 aliphatic rings. The summed E-state index contributed by atoms with van der Waals surface area (Å²) >= 11 is 0. The number of nitrogens with zero attached hydrogens (tertiary/aromatic N) is 2. The number of aromatic nitrogens is 1. The van der Waals surface area contributed by atoms with Crippen LogP contribution < -0.4 is 10.6 Å². The zero-order valence-corrected chi connectivity index (χ0v) is 12.2. The lowest BCUT2D eigenvalue weighted by molar-refractivity contribution is 0.179. The van der Waals surface area contributed by atoms with Crippen molar-refractivity contribution in [1.82, 2.24) is 15.6 Å². The van der Waals surface area contributed by atoms with Crippen molar-refractivity contribution in [3.63, 3.8) is 0 Å². The molecule has 0 saturated carbocycles. The highest BCUT2D eigenvalue weighted by atomic mass is 16.5. The van der Waals surface area contributed by atoms with Crippen LogP contribution in [-0.2, 0) is 11.3 Å². The van der Waals surface area contributed by atoms with Crippen molar-refractivity contribution >= 4 is 5.96 Å². The van der Waals surface area contributed by atoms with E-state index in [1.54, 1.807) is 13.3 Å². The second-order valence-corrected chi connectivity index (χ2v) is 4.46. The maximum atomic E-state index is 5.11. The minimum absolute atomic E-state index is 0.215. The monoisotopic (exact) mass is 264 g/mol. The van der Waals surface area contributed by atoms with Gasteiger partial charge in [0, 0.05) is 25.9 Å². The largest absolute Gasteiger partial charge is 0.383 e. The van der Waals surface area contributed by atoms with Crippen molar-refractivity contribution in [2.45, 2.75) is 33.4 Å². The first-order valence-corrected chi connectivity index (χ1v) is 6.61. The molecule has 0 aromatic carbocycles. The molecule has 5 heteroatoms. The van der Waals surface area contributed by atoms with Gasteiger partial charge in [0.15, 0.2) is 5.96 Å². The van der Waals surface area contributed by atoms with Crippen LogP contribution in [0.2, 0.25) is 0 Å². The molecule has 1 unspecified atom stereocenters. The fraction of sp³-hybridized carbons (Fsp3) is 0.571. The molecule has 0 radical (unpaired) electrons. The molecule has 1 heterocycles. The maximum absolute atomic E-state index is 5.11. The Kier molecular flexibility index (Phi) is 6.89. The van der Waals surface area contributed by atoms with E-state index in [4.69, 9.17) is 4.74 Å². The van der Waals surface area contributed by atoms with Crippen molar-refractivity contribution in [1.29, 1.82) is 0 Å². The van der Waals surface area contributed by atoms with E-state index in [0.717, 1.165) is 23.8 Å². The van der Waals surface area contributed by atoms with Gasteiger partial charge in [0.1, 0.15) is 0 Å². The Balaban J connectivity index is 2.65. The molecule has 0 bridgehead atoms. The Morgan fingerprint density at radius 1 is 1.53 bits per heavy atom. The molecule has 106 valence electrons. The Morgan fingerprint density at radius 2 is 2.32 bits per heavy atom. The van der Waals surface area contributed by atoms with Crippen LogP contribution in [0.25, 0.3) is 0 Å². The summed E-state index contributed by atoms with van der Waals surface area (Å²) in [5, 5.41) is 6.51. The van der Waals surface area contributed by atoms with Gasteiger partial charge in [-0.2, -0.15) is 0 Å². The summed E-state index contributed by atoms with van der Waals surface area (Å²) in [6.45, 7) is 8.19. The fourth-order valence-corrected chi connectivity index (χ4v) is 1.68. The van der Waals surface area contributed by atoms with E-state index in [9.17, 15) is 0 Å². The van der Waals surface area contributed by atoms with Crippen LogP contribution in [0.1, 0.15) is 25.1 Å². The molecule has 5 nitrogen and oxygen atoms in total. The van der Waals surface area contributed by atoms with Crippen molar-refractivity contribution in [3.8, 4) is 0 Å². The van der Waals surface area contributed by atoms with Crippen molar-refractivity contribution in [2.75, 3.05) is 20.3 Å². The Labute approximate surface area is 115 Å². The van der Waals surface area contributed by atoms with E-state index in [-0.39, 0.29) is 6.04 Å². The summed E-state index contributed by atoms with van der Waals surface area (Å²) < 4.78 is 5.11. The van der Waals surface area contributed by atoms with Crippen LogP contribution in [0.5, 0.6) is 0 Å². The molecule has 0 amide bonds. The smallest absolute Gasteiger partial charge is 0.191 e. The summed E-state index contributed by atoms with van der Waals surface area (Å²) in [6.07, 6.45) is 1.80. The van der Waals surface area contributed by atoms with Gasteiger partial charge in [-0.1, -0.05) is 6.07 Å². The molecule has 0 saturated heterocycles. The van der Waals surface area contributed by atoms with Crippen LogP contribution in [0.15, 0.2) is 23.3 Å². The molecule has 0 fully saturated rings. The zero-order chi connectivity index (χ0) is 14.1. The first-order valence-electron chi connectivity index (χ1n) is 6.61. The number of methoxy groups -OCH3 is 1. The lowest BCUT2D eigenvalue weighted by Gasteiger charge is -2.17. The predicted octanol–water partition coefficient (Wildman–Crippen LogP) is 1.48. The van der Waals surface area contributed by atoms with Gasteiger partial charge in [0.2, 0.25) is 0 Å². The minimum Gasteiger partial charge on any atom is -0.383 e. The van der Waals surface area contributed by atoms with Crippen molar-refractivity contribution in [2.24, 2.45) is 4.99 Å². The number of hydrogen-bond acceptors (Lipinski definition) is 3. The highest BCUT2D eigenvalue weighted by Crippen LogP contribution is 2.04. The SMILES string of the molecule is CCNC(=NCc1ncccc1C)NC(C)COC. The van der Waals surface area contributed by atoms with Crippen LogP contribution in [0, 0.1) is 6.92 Å². The molecule has 0 spiro atoms. The average Bonchev–Trinajstić information content (AvgIpc) is 2.38. The first kappa shape index (κ1) is 15.4. The molecule has 19 heavy (non-hydrogen) atoms. The highest BCUT2D eigenvalue weighted by Gasteiger charge is 2.05. The number of nitrogens with one attached hydrogen (secondary N) is 2. The fourth-order valence-electron chi connectivity index (χ4n) is 1.68. The third-order valence-corrected chi connectivity index (χ3v) is 2.65. The number of guanidine groups is 1. The second-order valence-electron chi connectivity index (χ2n) is 4.46. The topological polar surface area (TPSA) is 58.5 Å². The Hall–Kier alpha value is -1.62. The summed E-state index contributed by atoms with van der Waals surface area (Å²) in [6, 6.07) is 4.20. The van der Waals surface area contributed by atoms with E-state index >= 15 is 0 Å². The molecule has 1 aromatic rings. The molecule has 1 rings (SSSR count). The van der Waals surface area contributed by atoms with E-state index in [0.29, 0.717) is 13.2 Å². The third-order valence-electron chi connectivity index (χ3n) is 2.65.